The number of benzene rings is 2. The molecule has 1 heterocycles. The summed E-state index contributed by atoms with van der Waals surface area (Å²) in [7, 11) is 1.30. The average Bonchev–Trinajstić information content (AvgIpc) is 2.65. The molecule has 0 saturated heterocycles. The van der Waals surface area contributed by atoms with Gasteiger partial charge in [0.15, 0.2) is 0 Å². The van der Waals surface area contributed by atoms with Crippen LogP contribution in [0.15, 0.2) is 60.7 Å². The molecule has 0 N–H and O–H groups in total. The van der Waals surface area contributed by atoms with Gasteiger partial charge in [0, 0.05) is 6.08 Å². The summed E-state index contributed by atoms with van der Waals surface area (Å²) < 4.78 is 10.4. The van der Waals surface area contributed by atoms with Crippen LogP contribution in [0.5, 0.6) is 5.75 Å². The van der Waals surface area contributed by atoms with Crippen LogP contribution in [0.3, 0.4) is 0 Å². The van der Waals surface area contributed by atoms with E-state index in [1.54, 1.807) is 24.3 Å². The molecule has 1 unspecified atom stereocenters. The minimum atomic E-state index is -0.834. The van der Waals surface area contributed by atoms with Gasteiger partial charge in [0.25, 0.3) is 5.91 Å². The molecule has 0 aliphatic carbocycles. The molecule has 24 heavy (non-hydrogen) atoms. The first-order valence-corrected chi connectivity index (χ1v) is 7.57. The summed E-state index contributed by atoms with van der Waals surface area (Å²) in [5.74, 6) is -0.238. The molecule has 1 atom stereocenters. The van der Waals surface area contributed by atoms with E-state index in [1.807, 2.05) is 36.4 Å². The summed E-state index contributed by atoms with van der Waals surface area (Å²) in [6, 6.07) is 16.7. The van der Waals surface area contributed by atoms with E-state index in [9.17, 15) is 9.59 Å². The van der Waals surface area contributed by atoms with E-state index >= 15 is 0 Å². The quantitative estimate of drug-likeness (QED) is 0.644. The fourth-order valence-corrected chi connectivity index (χ4v) is 2.52. The zero-order valence-electron chi connectivity index (χ0n) is 13.2. The summed E-state index contributed by atoms with van der Waals surface area (Å²) >= 11 is 0. The second-order valence-electron chi connectivity index (χ2n) is 5.29. The van der Waals surface area contributed by atoms with E-state index in [-0.39, 0.29) is 12.5 Å². The van der Waals surface area contributed by atoms with E-state index in [1.165, 1.54) is 18.1 Å². The first-order chi connectivity index (χ1) is 11.7. The van der Waals surface area contributed by atoms with Gasteiger partial charge in [-0.1, -0.05) is 42.5 Å². The van der Waals surface area contributed by atoms with Crippen molar-refractivity contribution < 1.29 is 19.1 Å². The minimum absolute atomic E-state index is 0.113. The Hall–Kier alpha value is -3.08. The zero-order chi connectivity index (χ0) is 16.9. The number of methoxy groups -OCH3 is 1. The van der Waals surface area contributed by atoms with Gasteiger partial charge in [-0.05, 0) is 23.8 Å². The van der Waals surface area contributed by atoms with Gasteiger partial charge in [-0.25, -0.2) is 4.79 Å². The molecule has 1 aliphatic rings. The zero-order valence-corrected chi connectivity index (χ0v) is 13.2. The van der Waals surface area contributed by atoms with Crippen LogP contribution in [0, 0.1) is 0 Å². The van der Waals surface area contributed by atoms with Crippen LogP contribution >= 0.6 is 0 Å². The predicted molar refractivity (Wildman–Crippen MR) is 90.7 cm³/mol. The smallest absolute Gasteiger partial charge is 0.348 e. The fraction of sp³-hybridized carbons (Fsp3) is 0.158. The summed E-state index contributed by atoms with van der Waals surface area (Å²) in [5, 5.41) is 0. The Balaban J connectivity index is 1.86. The Morgan fingerprint density at radius 2 is 1.83 bits per heavy atom. The Morgan fingerprint density at radius 1 is 1.12 bits per heavy atom. The standard InChI is InChI=1S/C19H17NO4/c1-23-19(22)17-13-20(15-9-5-6-10-16(15)24-17)18(21)12-11-14-7-3-2-4-8-14/h2-12,17H,13H2,1H3/b12-11+. The van der Waals surface area contributed by atoms with Crippen LogP contribution in [0.25, 0.3) is 6.08 Å². The van der Waals surface area contributed by atoms with Crippen molar-refractivity contribution in [2.24, 2.45) is 0 Å². The molecule has 0 fully saturated rings. The predicted octanol–water partition coefficient (Wildman–Crippen LogP) is 2.67. The number of carbonyl (C=O) groups excluding carboxylic acids is 2. The van der Waals surface area contributed by atoms with E-state index in [0.29, 0.717) is 11.4 Å². The van der Waals surface area contributed by atoms with Crippen LogP contribution < -0.4 is 9.64 Å². The number of fused-ring (bicyclic) bond motifs is 1. The molecule has 0 saturated carbocycles. The highest BCUT2D eigenvalue weighted by Gasteiger charge is 2.33. The van der Waals surface area contributed by atoms with Gasteiger partial charge in [-0.15, -0.1) is 0 Å². The van der Waals surface area contributed by atoms with E-state index < -0.39 is 12.1 Å². The molecule has 5 heteroatoms. The lowest BCUT2D eigenvalue weighted by atomic mass is 10.1. The maximum absolute atomic E-state index is 12.6. The third-order valence-corrected chi connectivity index (χ3v) is 3.72. The summed E-state index contributed by atoms with van der Waals surface area (Å²) in [6.45, 7) is 0.113. The van der Waals surface area contributed by atoms with Crippen LogP contribution in [-0.2, 0) is 14.3 Å². The Bertz CT molecular complexity index is 770. The Labute approximate surface area is 140 Å². The fourth-order valence-electron chi connectivity index (χ4n) is 2.52. The first kappa shape index (κ1) is 15.8. The van der Waals surface area contributed by atoms with Gasteiger partial charge >= 0.3 is 5.97 Å². The lowest BCUT2D eigenvalue weighted by Crippen LogP contribution is -2.47. The highest BCUT2D eigenvalue weighted by molar-refractivity contribution is 6.05. The van der Waals surface area contributed by atoms with Crippen LogP contribution in [0.4, 0.5) is 5.69 Å². The topological polar surface area (TPSA) is 55.8 Å². The van der Waals surface area contributed by atoms with Gasteiger partial charge in [-0.3, -0.25) is 4.79 Å². The molecule has 1 amide bonds. The highest BCUT2D eigenvalue weighted by Crippen LogP contribution is 2.33. The third kappa shape index (κ3) is 3.30. The van der Waals surface area contributed by atoms with Crippen LogP contribution in [-0.4, -0.2) is 31.6 Å². The van der Waals surface area contributed by atoms with Gasteiger partial charge in [-0.2, -0.15) is 0 Å². The molecule has 3 rings (SSSR count). The molecule has 0 bridgehead atoms. The van der Waals surface area contributed by atoms with Crippen molar-refractivity contribution in [3.05, 3.63) is 66.2 Å². The number of anilines is 1. The second kappa shape index (κ2) is 7.00. The van der Waals surface area contributed by atoms with Crippen molar-refractivity contribution in [2.75, 3.05) is 18.6 Å². The monoisotopic (exact) mass is 323 g/mol. The van der Waals surface area contributed by atoms with Crippen molar-refractivity contribution in [2.45, 2.75) is 6.10 Å². The number of nitrogens with zero attached hydrogens (tertiary/aromatic N) is 1. The number of para-hydroxylation sites is 2. The number of carbonyl (C=O) groups is 2. The molecule has 2 aromatic rings. The van der Waals surface area contributed by atoms with Crippen molar-refractivity contribution >= 4 is 23.6 Å². The lowest BCUT2D eigenvalue weighted by Gasteiger charge is -2.32. The van der Waals surface area contributed by atoms with Gasteiger partial charge < -0.3 is 14.4 Å². The van der Waals surface area contributed by atoms with Gasteiger partial charge in [0.1, 0.15) is 5.75 Å². The molecule has 0 aromatic heterocycles. The lowest BCUT2D eigenvalue weighted by molar-refractivity contribution is -0.148. The average molecular weight is 323 g/mol. The number of ether oxygens (including phenoxy) is 2. The normalized spacial score (nSPS) is 16.4. The third-order valence-electron chi connectivity index (χ3n) is 3.72. The molecule has 1 aliphatic heterocycles. The Kier molecular flexibility index (Phi) is 4.61. The number of rotatable bonds is 3. The van der Waals surface area contributed by atoms with Crippen molar-refractivity contribution in [3.8, 4) is 5.75 Å². The number of amides is 1. The summed E-state index contributed by atoms with van der Waals surface area (Å²) in [5.41, 5.74) is 1.57. The molecule has 0 spiro atoms. The van der Waals surface area contributed by atoms with E-state index in [4.69, 9.17) is 9.47 Å². The van der Waals surface area contributed by atoms with Crippen molar-refractivity contribution in [3.63, 3.8) is 0 Å². The van der Waals surface area contributed by atoms with Gasteiger partial charge in [0.05, 0.1) is 19.3 Å². The SMILES string of the molecule is COC(=O)C1CN(C(=O)/C=C/c2ccccc2)c2ccccc2O1. The summed E-state index contributed by atoms with van der Waals surface area (Å²) in [4.78, 5) is 26.0. The van der Waals surface area contributed by atoms with Crippen molar-refractivity contribution in [1.82, 2.24) is 0 Å². The molecule has 0 radical (unpaired) electrons. The van der Waals surface area contributed by atoms with E-state index in [0.717, 1.165) is 5.56 Å². The number of esters is 1. The first-order valence-electron chi connectivity index (χ1n) is 7.57. The molecule has 5 nitrogen and oxygen atoms in total. The molecule has 122 valence electrons. The maximum Gasteiger partial charge on any atom is 0.348 e. The Morgan fingerprint density at radius 3 is 2.58 bits per heavy atom. The summed E-state index contributed by atoms with van der Waals surface area (Å²) in [6.07, 6.45) is 2.40. The highest BCUT2D eigenvalue weighted by atomic mass is 16.6. The molecular formula is C19H17NO4. The molecular weight excluding hydrogens is 306 g/mol. The maximum atomic E-state index is 12.6. The van der Waals surface area contributed by atoms with Crippen LogP contribution in [0.2, 0.25) is 0 Å². The molecule has 2 aromatic carbocycles. The second-order valence-corrected chi connectivity index (χ2v) is 5.29. The van der Waals surface area contributed by atoms with Crippen molar-refractivity contribution in [1.29, 1.82) is 0 Å². The number of hydrogen-bond acceptors (Lipinski definition) is 4. The number of hydrogen-bond donors (Lipinski definition) is 0. The van der Waals surface area contributed by atoms with E-state index in [2.05, 4.69) is 0 Å². The van der Waals surface area contributed by atoms with Crippen LogP contribution in [0.1, 0.15) is 5.56 Å². The van der Waals surface area contributed by atoms with Gasteiger partial charge in [0.2, 0.25) is 6.10 Å². The minimum Gasteiger partial charge on any atom is -0.475 e. The largest absolute Gasteiger partial charge is 0.475 e.